The average Bonchev–Trinajstić information content (AvgIpc) is 3.23. The predicted octanol–water partition coefficient (Wildman–Crippen LogP) is 0.821. The van der Waals surface area contributed by atoms with Crippen LogP contribution in [0.2, 0.25) is 0 Å². The number of halogens is 1. The standard InChI is InChI=1S/C23H25NOS.ClH/c1-18(23(25)20-11-7-4-8-12-20)24(2)15-13-22(21-14-16-26-17-21)19-9-5-3-6-10-19;/h3-14,16-18,23,25H,15H2,1-2H3;1H/b22-13+;. The molecule has 142 valence electrons. The molecule has 3 atom stereocenters. The van der Waals surface area contributed by atoms with Gasteiger partial charge in [0.05, 0.1) is 13.6 Å². The average molecular weight is 400 g/mol. The van der Waals surface area contributed by atoms with Gasteiger partial charge in [-0.25, -0.2) is 0 Å². The van der Waals surface area contributed by atoms with Crippen LogP contribution in [-0.4, -0.2) is 24.7 Å². The third-order valence-corrected chi connectivity index (χ3v) is 5.62. The zero-order chi connectivity index (χ0) is 18.4. The van der Waals surface area contributed by atoms with Crippen LogP contribution in [0.15, 0.2) is 83.6 Å². The number of hydrogen-bond donors (Lipinski definition) is 2. The molecule has 0 amide bonds. The largest absolute Gasteiger partial charge is 1.00 e. The van der Waals surface area contributed by atoms with E-state index in [9.17, 15) is 5.11 Å². The van der Waals surface area contributed by atoms with Crippen molar-refractivity contribution in [2.45, 2.75) is 19.1 Å². The number of likely N-dealkylation sites (N-methyl/N-ethyl adjacent to an activating group) is 1. The lowest BCUT2D eigenvalue weighted by Crippen LogP contribution is -3.13. The van der Waals surface area contributed by atoms with Crippen LogP contribution in [0, 0.1) is 0 Å². The van der Waals surface area contributed by atoms with Crippen molar-refractivity contribution in [3.05, 3.63) is 100 Å². The molecule has 0 saturated heterocycles. The molecule has 0 aliphatic heterocycles. The molecule has 0 aliphatic rings. The van der Waals surface area contributed by atoms with Gasteiger partial charge in [-0.15, -0.1) is 0 Å². The summed E-state index contributed by atoms with van der Waals surface area (Å²) in [6.07, 6.45) is 1.83. The maximum atomic E-state index is 10.7. The Hall–Kier alpha value is -1.91. The fraction of sp³-hybridized carbons (Fsp3) is 0.217. The number of aliphatic hydroxyl groups excluding tert-OH is 1. The van der Waals surface area contributed by atoms with Crippen LogP contribution < -0.4 is 17.3 Å². The fourth-order valence-electron chi connectivity index (χ4n) is 3.10. The zero-order valence-electron chi connectivity index (χ0n) is 15.7. The van der Waals surface area contributed by atoms with E-state index < -0.39 is 6.10 Å². The number of thiophene rings is 1. The predicted molar refractivity (Wildman–Crippen MR) is 110 cm³/mol. The number of hydrogen-bond acceptors (Lipinski definition) is 2. The zero-order valence-corrected chi connectivity index (χ0v) is 17.3. The molecular formula is C23H26ClNOS. The lowest BCUT2D eigenvalue weighted by atomic mass is 9.99. The third-order valence-electron chi connectivity index (χ3n) is 4.94. The highest BCUT2D eigenvalue weighted by atomic mass is 35.5. The molecule has 2 N–H and O–H groups in total. The Kier molecular flexibility index (Phi) is 8.26. The Morgan fingerprint density at radius 3 is 2.22 bits per heavy atom. The van der Waals surface area contributed by atoms with E-state index in [1.54, 1.807) is 11.3 Å². The summed E-state index contributed by atoms with van der Waals surface area (Å²) in [7, 11) is 2.14. The van der Waals surface area contributed by atoms with Gasteiger partial charge in [-0.1, -0.05) is 60.7 Å². The SMILES string of the molecule is CC(C(O)c1ccccc1)[NH+](C)C/C=C(\c1ccccc1)c1ccsc1.[Cl-]. The van der Waals surface area contributed by atoms with Crippen LogP contribution >= 0.6 is 11.3 Å². The lowest BCUT2D eigenvalue weighted by molar-refractivity contribution is -0.902. The Bertz CT molecular complexity index is 818. The number of nitrogens with one attached hydrogen (secondary N) is 1. The van der Waals surface area contributed by atoms with Gasteiger partial charge in [0.2, 0.25) is 0 Å². The van der Waals surface area contributed by atoms with Crippen LogP contribution in [0.1, 0.15) is 29.7 Å². The minimum atomic E-state index is -0.467. The van der Waals surface area contributed by atoms with Gasteiger partial charge in [-0.3, -0.25) is 0 Å². The molecule has 2 nitrogen and oxygen atoms in total. The summed E-state index contributed by atoms with van der Waals surface area (Å²) >= 11 is 1.72. The van der Waals surface area contributed by atoms with Gasteiger partial charge in [-0.05, 0) is 52.1 Å². The lowest BCUT2D eigenvalue weighted by Gasteiger charge is -2.25. The molecule has 2 aromatic carbocycles. The van der Waals surface area contributed by atoms with Gasteiger partial charge in [0, 0.05) is 0 Å². The maximum Gasteiger partial charge on any atom is 0.130 e. The van der Waals surface area contributed by atoms with Gasteiger partial charge in [0.15, 0.2) is 0 Å². The molecule has 1 heterocycles. The quantitative estimate of drug-likeness (QED) is 0.604. The highest BCUT2D eigenvalue weighted by Crippen LogP contribution is 2.24. The molecule has 3 unspecified atom stereocenters. The van der Waals surface area contributed by atoms with Crippen LogP contribution in [0.3, 0.4) is 0 Å². The van der Waals surface area contributed by atoms with Crippen LogP contribution in [0.25, 0.3) is 5.57 Å². The van der Waals surface area contributed by atoms with Crippen molar-refractivity contribution in [2.24, 2.45) is 0 Å². The van der Waals surface area contributed by atoms with Gasteiger partial charge in [0.1, 0.15) is 12.1 Å². The molecule has 0 spiro atoms. The first-order chi connectivity index (χ1) is 12.7. The highest BCUT2D eigenvalue weighted by Gasteiger charge is 2.23. The highest BCUT2D eigenvalue weighted by molar-refractivity contribution is 7.08. The first kappa shape index (κ1) is 21.4. The fourth-order valence-corrected chi connectivity index (χ4v) is 3.75. The molecule has 0 aliphatic carbocycles. The van der Waals surface area contributed by atoms with E-state index in [1.807, 2.05) is 36.4 Å². The summed E-state index contributed by atoms with van der Waals surface area (Å²) in [4.78, 5) is 1.28. The van der Waals surface area contributed by atoms with Crippen molar-refractivity contribution in [3.63, 3.8) is 0 Å². The smallest absolute Gasteiger partial charge is 0.130 e. The van der Waals surface area contributed by atoms with Crippen molar-refractivity contribution in [2.75, 3.05) is 13.6 Å². The van der Waals surface area contributed by atoms with E-state index in [4.69, 9.17) is 0 Å². The second kappa shape index (κ2) is 10.4. The van der Waals surface area contributed by atoms with E-state index >= 15 is 0 Å². The monoisotopic (exact) mass is 399 g/mol. The first-order valence-corrected chi connectivity index (χ1v) is 9.94. The van der Waals surface area contributed by atoms with Crippen LogP contribution in [0.5, 0.6) is 0 Å². The van der Waals surface area contributed by atoms with E-state index in [0.717, 1.165) is 12.1 Å². The molecule has 27 heavy (non-hydrogen) atoms. The molecule has 0 saturated carbocycles. The molecule has 0 bridgehead atoms. The van der Waals surface area contributed by atoms with Crippen molar-refractivity contribution in [3.8, 4) is 0 Å². The molecule has 3 aromatic rings. The molecule has 0 radical (unpaired) electrons. The normalized spacial score (nSPS) is 14.9. The summed E-state index contributed by atoms with van der Waals surface area (Å²) < 4.78 is 0. The van der Waals surface area contributed by atoms with Crippen molar-refractivity contribution in [1.29, 1.82) is 0 Å². The minimum Gasteiger partial charge on any atom is -1.00 e. The van der Waals surface area contributed by atoms with Gasteiger partial charge in [-0.2, -0.15) is 11.3 Å². The molecule has 3 rings (SSSR count). The Labute approximate surface area is 172 Å². The van der Waals surface area contributed by atoms with Gasteiger partial charge >= 0.3 is 0 Å². The summed E-state index contributed by atoms with van der Waals surface area (Å²) in [6, 6.07) is 22.7. The number of aliphatic hydroxyl groups is 1. The summed E-state index contributed by atoms with van der Waals surface area (Å²) in [5.74, 6) is 0. The number of benzene rings is 2. The Morgan fingerprint density at radius 1 is 1.00 bits per heavy atom. The van der Waals surface area contributed by atoms with E-state index in [2.05, 4.69) is 61.1 Å². The molecule has 1 aromatic heterocycles. The second-order valence-corrected chi connectivity index (χ2v) is 7.47. The first-order valence-electron chi connectivity index (χ1n) is 9.00. The van der Waals surface area contributed by atoms with E-state index in [-0.39, 0.29) is 18.4 Å². The van der Waals surface area contributed by atoms with E-state index in [0.29, 0.717) is 0 Å². The summed E-state index contributed by atoms with van der Waals surface area (Å²) in [5.41, 5.74) is 4.72. The minimum absolute atomic E-state index is 0. The van der Waals surface area contributed by atoms with E-state index in [1.165, 1.54) is 21.6 Å². The molecule has 4 heteroatoms. The number of rotatable bonds is 7. The number of quaternary nitrogens is 1. The van der Waals surface area contributed by atoms with Crippen molar-refractivity contribution >= 4 is 16.9 Å². The van der Waals surface area contributed by atoms with Gasteiger partial charge in [0.25, 0.3) is 0 Å². The Morgan fingerprint density at radius 2 is 1.63 bits per heavy atom. The van der Waals surface area contributed by atoms with Crippen LogP contribution in [-0.2, 0) is 0 Å². The van der Waals surface area contributed by atoms with Crippen molar-refractivity contribution in [1.82, 2.24) is 0 Å². The topological polar surface area (TPSA) is 24.7 Å². The Balaban J connectivity index is 0.00000261. The summed E-state index contributed by atoms with van der Waals surface area (Å²) in [5, 5.41) is 15.0. The molecular weight excluding hydrogens is 374 g/mol. The van der Waals surface area contributed by atoms with Crippen molar-refractivity contribution < 1.29 is 22.4 Å². The second-order valence-electron chi connectivity index (χ2n) is 6.69. The third kappa shape index (κ3) is 5.53. The van der Waals surface area contributed by atoms with Crippen LogP contribution in [0.4, 0.5) is 0 Å². The summed E-state index contributed by atoms with van der Waals surface area (Å²) in [6.45, 7) is 2.96. The maximum absolute atomic E-state index is 10.7. The van der Waals surface area contributed by atoms with Gasteiger partial charge < -0.3 is 22.4 Å². The molecule has 0 fully saturated rings.